The van der Waals surface area contributed by atoms with Crippen molar-refractivity contribution >= 4 is 29.5 Å². The van der Waals surface area contributed by atoms with Crippen LogP contribution in [0.3, 0.4) is 0 Å². The topological polar surface area (TPSA) is 101 Å². The van der Waals surface area contributed by atoms with Gasteiger partial charge in [-0.05, 0) is 41.6 Å². The number of halogens is 3. The summed E-state index contributed by atoms with van der Waals surface area (Å²) >= 11 is 1.35. The number of amides is 1. The Balaban J connectivity index is 1.53. The summed E-state index contributed by atoms with van der Waals surface area (Å²) in [6, 6.07) is 11.3. The number of thioether (sulfide) groups is 1. The fourth-order valence-corrected chi connectivity index (χ4v) is 3.54. The van der Waals surface area contributed by atoms with Gasteiger partial charge in [-0.1, -0.05) is 24.3 Å². The zero-order valence-electron chi connectivity index (χ0n) is 17.9. The Hall–Kier alpha value is -3.60. The maximum absolute atomic E-state index is 12.6. The standard InChI is InChI=1S/C23H20F3N3O4S/c1-34-21-16(11-20(30)31)12-27-19(29-21)10-14-4-8-18(9-5-14)28-22(32)33-13-15-2-6-17(7-3-15)23(24,25)26/h2-9,12H,10-11,13H2,1H3,(H,28,32)(H,30,31). The number of alkyl halides is 3. The van der Waals surface area contributed by atoms with Crippen LogP contribution in [0.25, 0.3) is 0 Å². The maximum Gasteiger partial charge on any atom is 0.416 e. The third-order valence-corrected chi connectivity index (χ3v) is 5.36. The lowest BCUT2D eigenvalue weighted by Gasteiger charge is -2.10. The van der Waals surface area contributed by atoms with Gasteiger partial charge >= 0.3 is 18.2 Å². The third-order valence-electron chi connectivity index (χ3n) is 4.62. The van der Waals surface area contributed by atoms with Crippen molar-refractivity contribution in [3.05, 3.63) is 82.8 Å². The minimum absolute atomic E-state index is 0.147. The molecule has 0 atom stereocenters. The third kappa shape index (κ3) is 7.20. The van der Waals surface area contributed by atoms with Gasteiger partial charge in [-0.15, -0.1) is 11.8 Å². The summed E-state index contributed by atoms with van der Waals surface area (Å²) in [6.07, 6.45) is -1.56. The number of nitrogens with zero attached hydrogens (tertiary/aromatic N) is 2. The van der Waals surface area contributed by atoms with Gasteiger partial charge < -0.3 is 9.84 Å². The van der Waals surface area contributed by atoms with Gasteiger partial charge in [0.2, 0.25) is 0 Å². The molecule has 1 aromatic heterocycles. The summed E-state index contributed by atoms with van der Waals surface area (Å²) in [6.45, 7) is -0.172. The predicted octanol–water partition coefficient (Wildman–Crippen LogP) is 5.18. The lowest BCUT2D eigenvalue weighted by atomic mass is 10.1. The van der Waals surface area contributed by atoms with Crippen LogP contribution in [0.1, 0.15) is 28.1 Å². The highest BCUT2D eigenvalue weighted by Gasteiger charge is 2.29. The Bertz CT molecular complexity index is 1150. The normalized spacial score (nSPS) is 11.2. The smallest absolute Gasteiger partial charge is 0.416 e. The molecule has 0 aliphatic heterocycles. The van der Waals surface area contributed by atoms with Crippen LogP contribution in [0.4, 0.5) is 23.7 Å². The van der Waals surface area contributed by atoms with Gasteiger partial charge in [0.05, 0.1) is 12.0 Å². The molecule has 0 fully saturated rings. The van der Waals surface area contributed by atoms with Gasteiger partial charge in [-0.3, -0.25) is 10.1 Å². The van der Waals surface area contributed by atoms with Gasteiger partial charge in [0.25, 0.3) is 0 Å². The molecule has 0 spiro atoms. The van der Waals surface area contributed by atoms with Crippen molar-refractivity contribution in [1.29, 1.82) is 0 Å². The molecule has 34 heavy (non-hydrogen) atoms. The minimum Gasteiger partial charge on any atom is -0.481 e. The molecule has 1 amide bonds. The second-order valence-electron chi connectivity index (χ2n) is 7.16. The number of hydrogen-bond acceptors (Lipinski definition) is 6. The molecule has 0 radical (unpaired) electrons. The number of carbonyl (C=O) groups excluding carboxylic acids is 1. The van der Waals surface area contributed by atoms with E-state index in [1.165, 1.54) is 30.1 Å². The number of nitrogens with one attached hydrogen (secondary N) is 1. The molecular weight excluding hydrogens is 471 g/mol. The second kappa shape index (κ2) is 11.0. The number of aromatic nitrogens is 2. The molecule has 0 saturated carbocycles. The molecule has 7 nitrogen and oxygen atoms in total. The van der Waals surface area contributed by atoms with Crippen molar-refractivity contribution in [1.82, 2.24) is 9.97 Å². The number of carbonyl (C=O) groups is 2. The fraction of sp³-hybridized carbons (Fsp3) is 0.217. The molecule has 0 aliphatic rings. The number of anilines is 1. The first-order valence-electron chi connectivity index (χ1n) is 9.93. The Morgan fingerprint density at radius 1 is 1.06 bits per heavy atom. The van der Waals surface area contributed by atoms with E-state index in [1.807, 2.05) is 6.26 Å². The summed E-state index contributed by atoms with van der Waals surface area (Å²) in [7, 11) is 0. The molecule has 3 rings (SSSR count). The summed E-state index contributed by atoms with van der Waals surface area (Å²) in [5.74, 6) is -0.414. The van der Waals surface area contributed by atoms with Crippen molar-refractivity contribution in [2.75, 3.05) is 11.6 Å². The van der Waals surface area contributed by atoms with E-state index in [4.69, 9.17) is 9.84 Å². The van der Waals surface area contributed by atoms with Crippen molar-refractivity contribution in [3.8, 4) is 0 Å². The summed E-state index contributed by atoms with van der Waals surface area (Å²) < 4.78 is 42.8. The lowest BCUT2D eigenvalue weighted by Crippen LogP contribution is -2.13. The highest BCUT2D eigenvalue weighted by Crippen LogP contribution is 2.29. The van der Waals surface area contributed by atoms with Crippen LogP contribution in [-0.2, 0) is 35.2 Å². The SMILES string of the molecule is CSc1nc(Cc2ccc(NC(=O)OCc3ccc(C(F)(F)F)cc3)cc2)ncc1CC(=O)O. The van der Waals surface area contributed by atoms with E-state index in [2.05, 4.69) is 15.3 Å². The summed E-state index contributed by atoms with van der Waals surface area (Å²) in [5.41, 5.74) is 1.56. The van der Waals surface area contributed by atoms with Crippen LogP contribution in [0.15, 0.2) is 59.8 Å². The Morgan fingerprint density at radius 3 is 2.29 bits per heavy atom. The van der Waals surface area contributed by atoms with Gasteiger partial charge in [0.1, 0.15) is 17.5 Å². The van der Waals surface area contributed by atoms with Gasteiger partial charge in [0, 0.05) is 23.9 Å². The predicted molar refractivity (Wildman–Crippen MR) is 120 cm³/mol. The van der Waals surface area contributed by atoms with Crippen LogP contribution in [-0.4, -0.2) is 33.4 Å². The molecule has 178 valence electrons. The lowest BCUT2D eigenvalue weighted by molar-refractivity contribution is -0.138. The van der Waals surface area contributed by atoms with Gasteiger partial charge in [-0.2, -0.15) is 13.2 Å². The quantitative estimate of drug-likeness (QED) is 0.331. The summed E-state index contributed by atoms with van der Waals surface area (Å²) in [4.78, 5) is 31.6. The van der Waals surface area contributed by atoms with E-state index in [9.17, 15) is 22.8 Å². The molecule has 0 bridgehead atoms. The second-order valence-corrected chi connectivity index (χ2v) is 7.96. The van der Waals surface area contributed by atoms with Gasteiger partial charge in [0.15, 0.2) is 0 Å². The number of carboxylic acids is 1. The zero-order valence-corrected chi connectivity index (χ0v) is 18.7. The van der Waals surface area contributed by atoms with Crippen molar-refractivity contribution < 1.29 is 32.6 Å². The van der Waals surface area contributed by atoms with Crippen LogP contribution in [0, 0.1) is 0 Å². The molecule has 11 heteroatoms. The van der Waals surface area contributed by atoms with Gasteiger partial charge in [-0.25, -0.2) is 14.8 Å². The van der Waals surface area contributed by atoms with Crippen molar-refractivity contribution in [2.45, 2.75) is 30.7 Å². The van der Waals surface area contributed by atoms with E-state index >= 15 is 0 Å². The number of carboxylic acid groups (broad SMARTS) is 1. The minimum atomic E-state index is -4.42. The van der Waals surface area contributed by atoms with Crippen LogP contribution >= 0.6 is 11.8 Å². The molecule has 0 aliphatic carbocycles. The molecule has 3 aromatic rings. The van der Waals surface area contributed by atoms with E-state index < -0.39 is 23.8 Å². The average Bonchev–Trinajstić information content (AvgIpc) is 2.79. The number of hydrogen-bond donors (Lipinski definition) is 2. The first-order valence-corrected chi connectivity index (χ1v) is 11.2. The Kier molecular flexibility index (Phi) is 8.11. The zero-order chi connectivity index (χ0) is 24.7. The summed E-state index contributed by atoms with van der Waals surface area (Å²) in [5, 5.41) is 12.1. The van der Waals surface area contributed by atoms with Crippen molar-refractivity contribution in [3.63, 3.8) is 0 Å². The number of aliphatic carboxylic acids is 1. The first kappa shape index (κ1) is 25.0. The molecule has 0 saturated heterocycles. The van der Waals surface area contributed by atoms with E-state index in [-0.39, 0.29) is 13.0 Å². The number of rotatable bonds is 8. The fourth-order valence-electron chi connectivity index (χ4n) is 2.95. The largest absolute Gasteiger partial charge is 0.481 e. The maximum atomic E-state index is 12.6. The van der Waals surface area contributed by atoms with Crippen molar-refractivity contribution in [2.24, 2.45) is 0 Å². The molecule has 0 unspecified atom stereocenters. The Labute approximate surface area is 197 Å². The highest BCUT2D eigenvalue weighted by atomic mass is 32.2. The van der Waals surface area contributed by atoms with E-state index in [0.717, 1.165) is 17.7 Å². The molecule has 1 heterocycles. The molecule has 2 N–H and O–H groups in total. The molecular formula is C23H20F3N3O4S. The van der Waals surface area contributed by atoms with Crippen LogP contribution in [0.2, 0.25) is 0 Å². The van der Waals surface area contributed by atoms with Crippen LogP contribution < -0.4 is 5.32 Å². The number of benzene rings is 2. The van der Waals surface area contributed by atoms with E-state index in [0.29, 0.717) is 34.1 Å². The average molecular weight is 491 g/mol. The van der Waals surface area contributed by atoms with Crippen LogP contribution in [0.5, 0.6) is 0 Å². The Morgan fingerprint density at radius 2 is 1.71 bits per heavy atom. The number of ether oxygens (including phenoxy) is 1. The molecule has 2 aromatic carbocycles. The first-order chi connectivity index (χ1) is 16.1. The van der Waals surface area contributed by atoms with E-state index in [1.54, 1.807) is 24.3 Å². The monoisotopic (exact) mass is 491 g/mol. The highest BCUT2D eigenvalue weighted by molar-refractivity contribution is 7.98.